The highest BCUT2D eigenvalue weighted by atomic mass is 35.5. The fraction of sp³-hybridized carbons (Fsp3) is 0.417. The van der Waals surface area contributed by atoms with Crippen molar-refractivity contribution in [1.29, 1.82) is 0 Å². The molecule has 0 saturated heterocycles. The molecule has 18 heavy (non-hydrogen) atoms. The highest BCUT2D eigenvalue weighted by Crippen LogP contribution is 2.19. The van der Waals surface area contributed by atoms with Crippen LogP contribution in [0.15, 0.2) is 18.6 Å². The predicted octanol–water partition coefficient (Wildman–Crippen LogP) is 1.88. The molecule has 0 unspecified atom stereocenters. The Bertz CT molecular complexity index is 542. The zero-order valence-electron chi connectivity index (χ0n) is 10.1. The van der Waals surface area contributed by atoms with Gasteiger partial charge in [0.05, 0.1) is 28.8 Å². The Kier molecular flexibility index (Phi) is 3.01. The van der Waals surface area contributed by atoms with Crippen molar-refractivity contribution in [2.75, 3.05) is 0 Å². The maximum absolute atomic E-state index is 5.99. The lowest BCUT2D eigenvalue weighted by Crippen LogP contribution is -2.17. The smallest absolute Gasteiger partial charge is 0.172 e. The second-order valence-electron chi connectivity index (χ2n) is 4.53. The van der Waals surface area contributed by atoms with Gasteiger partial charge in [-0.15, -0.1) is 0 Å². The fourth-order valence-electron chi connectivity index (χ4n) is 1.68. The Hall–Kier alpha value is -1.46. The van der Waals surface area contributed by atoms with Crippen molar-refractivity contribution >= 4 is 11.6 Å². The molecule has 0 amide bonds. The summed E-state index contributed by atoms with van der Waals surface area (Å²) in [4.78, 5) is 8.71. The number of aryl methyl sites for hydroxylation is 1. The van der Waals surface area contributed by atoms with Gasteiger partial charge >= 0.3 is 0 Å². The monoisotopic (exact) mass is 263 g/mol. The highest BCUT2D eigenvalue weighted by molar-refractivity contribution is 6.31. The van der Waals surface area contributed by atoms with Gasteiger partial charge in [0.2, 0.25) is 0 Å². The van der Waals surface area contributed by atoms with Crippen molar-refractivity contribution in [2.45, 2.75) is 32.4 Å². The number of nitrogens with one attached hydrogen (secondary N) is 1. The summed E-state index contributed by atoms with van der Waals surface area (Å²) in [5, 5.41) is 8.34. The molecule has 1 aliphatic rings. The molecule has 2 heterocycles. The van der Waals surface area contributed by atoms with Gasteiger partial charge in [0.15, 0.2) is 5.82 Å². The second-order valence-corrected chi connectivity index (χ2v) is 4.94. The van der Waals surface area contributed by atoms with Gasteiger partial charge in [-0.25, -0.2) is 9.67 Å². The van der Waals surface area contributed by atoms with E-state index in [1.165, 1.54) is 12.8 Å². The number of hydrogen-bond acceptors (Lipinski definition) is 4. The molecule has 5 nitrogen and oxygen atoms in total. The first kappa shape index (κ1) is 11.6. The number of halogens is 1. The van der Waals surface area contributed by atoms with Crippen LogP contribution in [-0.2, 0) is 6.54 Å². The Labute approximate surface area is 110 Å². The molecule has 0 bridgehead atoms. The van der Waals surface area contributed by atoms with E-state index in [9.17, 15) is 0 Å². The minimum absolute atomic E-state index is 0.637. The summed E-state index contributed by atoms with van der Waals surface area (Å²) in [6.07, 6.45) is 7.74. The summed E-state index contributed by atoms with van der Waals surface area (Å²) < 4.78 is 1.66. The van der Waals surface area contributed by atoms with E-state index in [1.54, 1.807) is 23.3 Å². The van der Waals surface area contributed by atoms with Crippen LogP contribution in [0.5, 0.6) is 0 Å². The van der Waals surface area contributed by atoms with Crippen molar-refractivity contribution < 1.29 is 0 Å². The molecule has 0 aromatic carbocycles. The average Bonchev–Trinajstić information content (AvgIpc) is 3.14. The molecule has 2 aromatic rings. The van der Waals surface area contributed by atoms with Gasteiger partial charge in [-0.2, -0.15) is 5.10 Å². The first-order valence-electron chi connectivity index (χ1n) is 5.99. The number of aromatic nitrogens is 4. The van der Waals surface area contributed by atoms with E-state index in [0.717, 1.165) is 17.9 Å². The van der Waals surface area contributed by atoms with E-state index < -0.39 is 0 Å². The minimum Gasteiger partial charge on any atom is -0.308 e. The van der Waals surface area contributed by atoms with Crippen LogP contribution in [0.1, 0.15) is 24.2 Å². The summed E-state index contributed by atoms with van der Waals surface area (Å²) in [7, 11) is 0. The predicted molar refractivity (Wildman–Crippen MR) is 68.8 cm³/mol. The highest BCUT2D eigenvalue weighted by Gasteiger charge is 2.20. The SMILES string of the molecule is Cc1nn(-c2cncc(CNC3CC3)n2)cc1Cl. The molecule has 6 heteroatoms. The minimum atomic E-state index is 0.637. The van der Waals surface area contributed by atoms with Crippen LogP contribution in [0, 0.1) is 6.92 Å². The van der Waals surface area contributed by atoms with Crippen molar-refractivity contribution in [1.82, 2.24) is 25.1 Å². The van der Waals surface area contributed by atoms with Gasteiger partial charge in [0.25, 0.3) is 0 Å². The third kappa shape index (κ3) is 2.52. The lowest BCUT2D eigenvalue weighted by Gasteiger charge is -2.04. The summed E-state index contributed by atoms with van der Waals surface area (Å²) in [6, 6.07) is 0.664. The summed E-state index contributed by atoms with van der Waals surface area (Å²) in [6.45, 7) is 2.62. The lowest BCUT2D eigenvalue weighted by molar-refractivity contribution is 0.666. The van der Waals surface area contributed by atoms with Gasteiger partial charge in [-0.3, -0.25) is 4.98 Å². The van der Waals surface area contributed by atoms with E-state index in [2.05, 4.69) is 20.4 Å². The van der Waals surface area contributed by atoms with Crippen molar-refractivity contribution in [3.05, 3.63) is 35.0 Å². The van der Waals surface area contributed by atoms with Crippen LogP contribution in [0.25, 0.3) is 5.82 Å². The van der Waals surface area contributed by atoms with Crippen molar-refractivity contribution in [3.8, 4) is 5.82 Å². The first-order valence-corrected chi connectivity index (χ1v) is 6.36. The normalized spacial score (nSPS) is 15.0. The summed E-state index contributed by atoms with van der Waals surface area (Å²) in [5.41, 5.74) is 1.71. The van der Waals surface area contributed by atoms with E-state index in [1.807, 2.05) is 6.92 Å². The van der Waals surface area contributed by atoms with Gasteiger partial charge in [-0.1, -0.05) is 11.6 Å². The van der Waals surface area contributed by atoms with Crippen LogP contribution < -0.4 is 5.32 Å². The second kappa shape index (κ2) is 4.66. The zero-order valence-corrected chi connectivity index (χ0v) is 10.9. The quantitative estimate of drug-likeness (QED) is 0.915. The van der Waals surface area contributed by atoms with Crippen LogP contribution in [0.4, 0.5) is 0 Å². The van der Waals surface area contributed by atoms with Crippen LogP contribution >= 0.6 is 11.6 Å². The summed E-state index contributed by atoms with van der Waals surface area (Å²) >= 11 is 5.99. The molecule has 0 atom stereocenters. The van der Waals surface area contributed by atoms with Crippen LogP contribution in [-0.4, -0.2) is 25.8 Å². The molecular formula is C12H14ClN5. The Morgan fingerprint density at radius 3 is 2.94 bits per heavy atom. The standard InChI is InChI=1S/C12H14ClN5/c1-8-11(13)7-18(17-8)12-6-14-4-10(16-12)5-15-9-2-3-9/h4,6-7,9,15H,2-3,5H2,1H3. The van der Waals surface area contributed by atoms with Crippen molar-refractivity contribution in [2.24, 2.45) is 0 Å². The lowest BCUT2D eigenvalue weighted by atomic mass is 10.4. The maximum atomic E-state index is 5.99. The summed E-state index contributed by atoms with van der Waals surface area (Å²) in [5.74, 6) is 0.695. The van der Waals surface area contributed by atoms with E-state index >= 15 is 0 Å². The molecule has 1 saturated carbocycles. The van der Waals surface area contributed by atoms with Crippen molar-refractivity contribution in [3.63, 3.8) is 0 Å². The molecule has 1 N–H and O–H groups in total. The molecule has 0 spiro atoms. The number of nitrogens with zero attached hydrogens (tertiary/aromatic N) is 4. The molecule has 94 valence electrons. The number of hydrogen-bond donors (Lipinski definition) is 1. The Balaban J connectivity index is 1.80. The molecule has 0 radical (unpaired) electrons. The molecular weight excluding hydrogens is 250 g/mol. The molecule has 0 aliphatic heterocycles. The third-order valence-electron chi connectivity index (χ3n) is 2.89. The fourth-order valence-corrected chi connectivity index (χ4v) is 1.81. The largest absolute Gasteiger partial charge is 0.308 e. The van der Waals surface area contributed by atoms with Crippen LogP contribution in [0.2, 0.25) is 5.02 Å². The van der Waals surface area contributed by atoms with Gasteiger partial charge in [-0.05, 0) is 19.8 Å². The van der Waals surface area contributed by atoms with Gasteiger partial charge < -0.3 is 5.32 Å². The first-order chi connectivity index (χ1) is 8.72. The van der Waals surface area contributed by atoms with Gasteiger partial charge in [0, 0.05) is 18.8 Å². The Morgan fingerprint density at radius 2 is 2.28 bits per heavy atom. The molecule has 3 rings (SSSR count). The topological polar surface area (TPSA) is 55.6 Å². The number of rotatable bonds is 4. The molecule has 2 aromatic heterocycles. The average molecular weight is 264 g/mol. The van der Waals surface area contributed by atoms with E-state index in [4.69, 9.17) is 11.6 Å². The zero-order chi connectivity index (χ0) is 12.5. The van der Waals surface area contributed by atoms with E-state index in [0.29, 0.717) is 16.9 Å². The van der Waals surface area contributed by atoms with Crippen LogP contribution in [0.3, 0.4) is 0 Å². The molecule has 1 fully saturated rings. The van der Waals surface area contributed by atoms with Gasteiger partial charge in [0.1, 0.15) is 0 Å². The third-order valence-corrected chi connectivity index (χ3v) is 3.27. The van der Waals surface area contributed by atoms with E-state index in [-0.39, 0.29) is 0 Å². The maximum Gasteiger partial charge on any atom is 0.172 e. The Morgan fingerprint density at radius 1 is 1.44 bits per heavy atom. The molecule has 1 aliphatic carbocycles.